The summed E-state index contributed by atoms with van der Waals surface area (Å²) in [5.74, 6) is 0. The van der Waals surface area contributed by atoms with E-state index in [-0.39, 0.29) is 5.41 Å². The molecule has 0 unspecified atom stereocenters. The number of hydrogen-bond acceptors (Lipinski definition) is 3. The zero-order chi connectivity index (χ0) is 17.1. The summed E-state index contributed by atoms with van der Waals surface area (Å²) < 4.78 is 5.20. The fourth-order valence-corrected chi connectivity index (χ4v) is 2.04. The minimum atomic E-state index is -0.776. The van der Waals surface area contributed by atoms with Gasteiger partial charge in [-0.2, -0.15) is 0 Å². The second-order valence-corrected chi connectivity index (χ2v) is 7.75. The zero-order valence-corrected chi connectivity index (χ0v) is 14.7. The molecular weight excluding hydrogens is 278 g/mol. The van der Waals surface area contributed by atoms with E-state index < -0.39 is 23.8 Å². The van der Waals surface area contributed by atoms with E-state index in [2.05, 4.69) is 26.1 Å². The largest absolute Gasteiger partial charge is 0.444 e. The molecule has 2 atom stereocenters. The first-order valence-corrected chi connectivity index (χ1v) is 7.68. The van der Waals surface area contributed by atoms with Crippen molar-refractivity contribution in [3.63, 3.8) is 0 Å². The smallest absolute Gasteiger partial charge is 0.407 e. The summed E-state index contributed by atoms with van der Waals surface area (Å²) in [6.07, 6.45) is -1.30. The van der Waals surface area contributed by atoms with Crippen LogP contribution < -0.4 is 5.32 Å². The van der Waals surface area contributed by atoms with Crippen LogP contribution in [-0.4, -0.2) is 22.8 Å². The van der Waals surface area contributed by atoms with Crippen LogP contribution in [0.4, 0.5) is 4.79 Å². The number of carbonyl (C=O) groups is 1. The van der Waals surface area contributed by atoms with Crippen molar-refractivity contribution in [1.82, 2.24) is 5.32 Å². The predicted molar refractivity (Wildman–Crippen MR) is 88.9 cm³/mol. The van der Waals surface area contributed by atoms with E-state index in [1.165, 1.54) is 5.56 Å². The Labute approximate surface area is 133 Å². The van der Waals surface area contributed by atoms with Crippen molar-refractivity contribution in [3.8, 4) is 0 Å². The van der Waals surface area contributed by atoms with E-state index in [1.807, 2.05) is 24.3 Å². The maximum absolute atomic E-state index is 11.7. The van der Waals surface area contributed by atoms with Crippen molar-refractivity contribution >= 4 is 6.09 Å². The van der Waals surface area contributed by atoms with Gasteiger partial charge in [0.15, 0.2) is 0 Å². The lowest BCUT2D eigenvalue weighted by Crippen LogP contribution is -2.40. The van der Waals surface area contributed by atoms with Crippen LogP contribution in [0.15, 0.2) is 24.3 Å². The Morgan fingerprint density at radius 1 is 1.09 bits per heavy atom. The molecule has 0 aliphatic carbocycles. The maximum Gasteiger partial charge on any atom is 0.407 e. The molecule has 0 fully saturated rings. The third kappa shape index (κ3) is 5.68. The normalized spacial score (nSPS) is 15.1. The number of ether oxygens (including phenoxy) is 1. The van der Waals surface area contributed by atoms with Crippen LogP contribution in [0.5, 0.6) is 0 Å². The molecule has 4 nitrogen and oxygen atoms in total. The molecule has 0 aliphatic rings. The number of nitrogens with one attached hydrogen (secondary N) is 1. The molecule has 1 aromatic carbocycles. The highest BCUT2D eigenvalue weighted by atomic mass is 16.6. The Bertz CT molecular complexity index is 495. The Balaban J connectivity index is 2.71. The van der Waals surface area contributed by atoms with Crippen LogP contribution in [0.1, 0.15) is 65.7 Å². The lowest BCUT2D eigenvalue weighted by molar-refractivity contribution is 0.0436. The first-order chi connectivity index (χ1) is 9.90. The van der Waals surface area contributed by atoms with Crippen LogP contribution in [0.3, 0.4) is 0 Å². The van der Waals surface area contributed by atoms with Gasteiger partial charge in [0.1, 0.15) is 5.60 Å². The Hall–Kier alpha value is -1.55. The van der Waals surface area contributed by atoms with E-state index in [9.17, 15) is 9.90 Å². The molecule has 1 rings (SSSR count). The monoisotopic (exact) mass is 307 g/mol. The molecule has 0 spiro atoms. The third-order valence-electron chi connectivity index (χ3n) is 3.34. The SMILES string of the molecule is C[C@@H](NC(=O)OC(C)(C)C)[C@@H](O)c1ccc(C(C)(C)C)cc1. The van der Waals surface area contributed by atoms with Gasteiger partial charge in [-0.1, -0.05) is 45.0 Å². The highest BCUT2D eigenvalue weighted by Gasteiger charge is 2.23. The second-order valence-electron chi connectivity index (χ2n) is 7.75. The number of amides is 1. The summed E-state index contributed by atoms with van der Waals surface area (Å²) in [6.45, 7) is 13.6. The number of carbonyl (C=O) groups excluding carboxylic acids is 1. The van der Waals surface area contributed by atoms with Crippen LogP contribution >= 0.6 is 0 Å². The van der Waals surface area contributed by atoms with Crippen molar-refractivity contribution in [2.45, 2.75) is 71.6 Å². The van der Waals surface area contributed by atoms with Gasteiger partial charge in [0.05, 0.1) is 12.1 Å². The van der Waals surface area contributed by atoms with Gasteiger partial charge in [-0.05, 0) is 44.2 Å². The van der Waals surface area contributed by atoms with Crippen molar-refractivity contribution in [2.24, 2.45) is 0 Å². The summed E-state index contributed by atoms with van der Waals surface area (Å²) in [5, 5.41) is 13.0. The lowest BCUT2D eigenvalue weighted by atomic mass is 9.86. The van der Waals surface area contributed by atoms with E-state index in [4.69, 9.17) is 4.74 Å². The van der Waals surface area contributed by atoms with Crippen molar-refractivity contribution < 1.29 is 14.6 Å². The van der Waals surface area contributed by atoms with E-state index >= 15 is 0 Å². The highest BCUT2D eigenvalue weighted by Crippen LogP contribution is 2.25. The molecule has 0 bridgehead atoms. The number of hydrogen-bond donors (Lipinski definition) is 2. The number of benzene rings is 1. The van der Waals surface area contributed by atoms with Gasteiger partial charge in [-0.15, -0.1) is 0 Å². The summed E-state index contributed by atoms with van der Waals surface area (Å²) >= 11 is 0. The van der Waals surface area contributed by atoms with Gasteiger partial charge in [0.2, 0.25) is 0 Å². The molecule has 1 amide bonds. The molecular formula is C18H29NO3. The van der Waals surface area contributed by atoms with Gasteiger partial charge in [-0.25, -0.2) is 4.79 Å². The Morgan fingerprint density at radius 2 is 1.59 bits per heavy atom. The number of aliphatic hydroxyl groups excluding tert-OH is 1. The third-order valence-corrected chi connectivity index (χ3v) is 3.34. The number of rotatable bonds is 3. The first-order valence-electron chi connectivity index (χ1n) is 7.68. The molecule has 0 aromatic heterocycles. The average Bonchev–Trinajstić information content (AvgIpc) is 2.34. The first kappa shape index (κ1) is 18.5. The van der Waals surface area contributed by atoms with Crippen LogP contribution in [0, 0.1) is 0 Å². The molecule has 0 radical (unpaired) electrons. The lowest BCUT2D eigenvalue weighted by Gasteiger charge is -2.25. The van der Waals surface area contributed by atoms with Crippen molar-refractivity contribution in [2.75, 3.05) is 0 Å². The molecule has 0 heterocycles. The predicted octanol–water partition coefficient (Wildman–Crippen LogP) is 3.93. The van der Waals surface area contributed by atoms with Crippen LogP contribution in [0.2, 0.25) is 0 Å². The topological polar surface area (TPSA) is 58.6 Å². The molecule has 0 aliphatic heterocycles. The molecule has 4 heteroatoms. The van der Waals surface area contributed by atoms with Crippen LogP contribution in [-0.2, 0) is 10.2 Å². The van der Waals surface area contributed by atoms with Crippen molar-refractivity contribution in [3.05, 3.63) is 35.4 Å². The van der Waals surface area contributed by atoms with E-state index in [0.717, 1.165) is 5.56 Å². The van der Waals surface area contributed by atoms with Crippen LogP contribution in [0.25, 0.3) is 0 Å². The van der Waals surface area contributed by atoms with Gasteiger partial charge in [-0.3, -0.25) is 0 Å². The quantitative estimate of drug-likeness (QED) is 0.889. The summed E-state index contributed by atoms with van der Waals surface area (Å²) in [5.41, 5.74) is 1.50. The minimum Gasteiger partial charge on any atom is -0.444 e. The second kappa shape index (κ2) is 6.69. The number of alkyl carbamates (subject to hydrolysis) is 1. The van der Waals surface area contributed by atoms with Gasteiger partial charge >= 0.3 is 6.09 Å². The molecule has 2 N–H and O–H groups in total. The Morgan fingerprint density at radius 3 is 2.00 bits per heavy atom. The average molecular weight is 307 g/mol. The molecule has 1 aromatic rings. The Kier molecular flexibility index (Phi) is 5.63. The molecule has 0 saturated carbocycles. The standard InChI is InChI=1S/C18H29NO3/c1-12(19-16(21)22-18(5,6)7)15(20)13-8-10-14(11-9-13)17(2,3)4/h8-12,15,20H,1-7H3,(H,19,21)/t12-,15-/m1/s1. The molecule has 124 valence electrons. The fourth-order valence-electron chi connectivity index (χ4n) is 2.04. The van der Waals surface area contributed by atoms with E-state index in [1.54, 1.807) is 27.7 Å². The minimum absolute atomic E-state index is 0.0733. The summed E-state index contributed by atoms with van der Waals surface area (Å²) in [7, 11) is 0. The van der Waals surface area contributed by atoms with Crippen molar-refractivity contribution in [1.29, 1.82) is 0 Å². The number of aliphatic hydroxyl groups is 1. The van der Waals surface area contributed by atoms with E-state index in [0.29, 0.717) is 0 Å². The summed E-state index contributed by atoms with van der Waals surface area (Å²) in [4.78, 5) is 11.7. The molecule has 22 heavy (non-hydrogen) atoms. The van der Waals surface area contributed by atoms with Gasteiger partial charge in [0.25, 0.3) is 0 Å². The zero-order valence-electron chi connectivity index (χ0n) is 14.7. The molecule has 0 saturated heterocycles. The highest BCUT2D eigenvalue weighted by molar-refractivity contribution is 5.68. The fraction of sp³-hybridized carbons (Fsp3) is 0.611. The summed E-state index contributed by atoms with van der Waals surface area (Å²) in [6, 6.07) is 7.39. The van der Waals surface area contributed by atoms with Gasteiger partial charge in [0, 0.05) is 0 Å². The van der Waals surface area contributed by atoms with Gasteiger partial charge < -0.3 is 15.2 Å². The maximum atomic E-state index is 11.7.